The predicted molar refractivity (Wildman–Crippen MR) is 96.3 cm³/mol. The summed E-state index contributed by atoms with van der Waals surface area (Å²) < 4.78 is 5.14. The number of methoxy groups -OCH3 is 1. The molecule has 1 atom stereocenters. The second-order valence-corrected chi connectivity index (χ2v) is 6.38. The van der Waals surface area contributed by atoms with Crippen molar-refractivity contribution < 1.29 is 14.3 Å². The summed E-state index contributed by atoms with van der Waals surface area (Å²) in [5.74, 6) is 0.383. The van der Waals surface area contributed by atoms with Crippen LogP contribution in [0, 0.1) is 12.8 Å². The number of anilines is 1. The molecular weight excluding hydrogens is 316 g/mol. The third-order valence-corrected chi connectivity index (χ3v) is 4.44. The van der Waals surface area contributed by atoms with Crippen LogP contribution in [-0.4, -0.2) is 30.4 Å². The van der Waals surface area contributed by atoms with Crippen molar-refractivity contribution in [3.63, 3.8) is 0 Å². The van der Waals surface area contributed by atoms with E-state index >= 15 is 0 Å². The number of hydrogen-bond acceptors (Lipinski definition) is 3. The first-order chi connectivity index (χ1) is 12.0. The highest BCUT2D eigenvalue weighted by molar-refractivity contribution is 5.97. The highest BCUT2D eigenvalue weighted by Crippen LogP contribution is 2.23. The first-order valence-corrected chi connectivity index (χ1v) is 8.33. The van der Waals surface area contributed by atoms with Gasteiger partial charge in [-0.05, 0) is 36.8 Å². The van der Waals surface area contributed by atoms with Crippen LogP contribution in [0.15, 0.2) is 48.5 Å². The van der Waals surface area contributed by atoms with Crippen molar-refractivity contribution in [2.45, 2.75) is 19.9 Å². The van der Waals surface area contributed by atoms with E-state index in [1.165, 1.54) is 0 Å². The molecular formula is C20H22N2O3. The van der Waals surface area contributed by atoms with Crippen LogP contribution in [0.2, 0.25) is 0 Å². The third-order valence-electron chi connectivity index (χ3n) is 4.44. The van der Waals surface area contributed by atoms with Gasteiger partial charge in [0.2, 0.25) is 11.8 Å². The van der Waals surface area contributed by atoms with Crippen LogP contribution in [0.25, 0.3) is 0 Å². The smallest absolute Gasteiger partial charge is 0.229 e. The Morgan fingerprint density at radius 2 is 1.84 bits per heavy atom. The zero-order valence-electron chi connectivity index (χ0n) is 14.5. The first-order valence-electron chi connectivity index (χ1n) is 8.33. The third kappa shape index (κ3) is 4.18. The zero-order chi connectivity index (χ0) is 17.8. The zero-order valence-corrected chi connectivity index (χ0v) is 14.5. The molecule has 0 saturated carbocycles. The summed E-state index contributed by atoms with van der Waals surface area (Å²) in [5, 5.41) is 2.90. The maximum atomic E-state index is 12.4. The Balaban J connectivity index is 1.59. The molecule has 1 aliphatic heterocycles. The molecule has 1 fully saturated rings. The molecule has 5 heteroatoms. The number of aryl methyl sites for hydroxylation is 1. The topological polar surface area (TPSA) is 58.6 Å². The van der Waals surface area contributed by atoms with Crippen molar-refractivity contribution in [3.05, 3.63) is 59.7 Å². The van der Waals surface area contributed by atoms with E-state index in [2.05, 4.69) is 5.32 Å². The van der Waals surface area contributed by atoms with Gasteiger partial charge in [0.05, 0.1) is 13.0 Å². The Morgan fingerprint density at radius 1 is 1.16 bits per heavy atom. The Labute approximate surface area is 147 Å². The van der Waals surface area contributed by atoms with E-state index in [4.69, 9.17) is 4.74 Å². The summed E-state index contributed by atoms with van der Waals surface area (Å²) in [6, 6.07) is 15.3. The number of amides is 2. The van der Waals surface area contributed by atoms with E-state index in [1.54, 1.807) is 12.0 Å². The van der Waals surface area contributed by atoms with Gasteiger partial charge in [-0.1, -0.05) is 29.8 Å². The fraction of sp³-hybridized carbons (Fsp3) is 0.300. The lowest BCUT2D eigenvalue weighted by molar-refractivity contribution is -0.128. The number of hydrogen-bond donors (Lipinski definition) is 1. The molecule has 0 radical (unpaired) electrons. The van der Waals surface area contributed by atoms with Gasteiger partial charge in [-0.15, -0.1) is 0 Å². The maximum Gasteiger partial charge on any atom is 0.229 e. The van der Waals surface area contributed by atoms with Crippen molar-refractivity contribution >= 4 is 17.5 Å². The van der Waals surface area contributed by atoms with Gasteiger partial charge in [-0.2, -0.15) is 0 Å². The molecule has 1 heterocycles. The Bertz CT molecular complexity index is 754. The second kappa shape index (κ2) is 7.38. The van der Waals surface area contributed by atoms with E-state index in [0.717, 1.165) is 22.6 Å². The number of carbonyl (C=O) groups is 2. The van der Waals surface area contributed by atoms with Crippen LogP contribution in [0.5, 0.6) is 5.75 Å². The molecule has 25 heavy (non-hydrogen) atoms. The highest BCUT2D eigenvalue weighted by atomic mass is 16.5. The van der Waals surface area contributed by atoms with Crippen molar-refractivity contribution in [2.75, 3.05) is 19.0 Å². The number of benzene rings is 2. The van der Waals surface area contributed by atoms with E-state index in [0.29, 0.717) is 13.1 Å². The Hall–Kier alpha value is -2.82. The molecule has 1 N–H and O–H groups in total. The molecule has 5 nitrogen and oxygen atoms in total. The quantitative estimate of drug-likeness (QED) is 0.912. The minimum Gasteiger partial charge on any atom is -0.497 e. The lowest BCUT2D eigenvalue weighted by atomic mass is 10.1. The monoisotopic (exact) mass is 338 g/mol. The molecule has 130 valence electrons. The summed E-state index contributed by atoms with van der Waals surface area (Å²) in [4.78, 5) is 26.4. The average molecular weight is 338 g/mol. The molecule has 2 aromatic carbocycles. The van der Waals surface area contributed by atoms with Crippen molar-refractivity contribution in [2.24, 2.45) is 5.92 Å². The molecule has 2 amide bonds. The molecule has 2 aromatic rings. The van der Waals surface area contributed by atoms with Gasteiger partial charge >= 0.3 is 0 Å². The predicted octanol–water partition coefficient (Wildman–Crippen LogP) is 2.99. The molecule has 0 bridgehead atoms. The minimum absolute atomic E-state index is 0.0138. The fourth-order valence-corrected chi connectivity index (χ4v) is 2.93. The van der Waals surface area contributed by atoms with Crippen molar-refractivity contribution in [1.82, 2.24) is 4.90 Å². The standard InChI is InChI=1S/C20H22N2O3/c1-14-3-7-17(8-4-14)21-20(24)16-11-19(23)22(13-16)12-15-5-9-18(25-2)10-6-15/h3-10,16H,11-13H2,1-2H3,(H,21,24)/t16-/m1/s1. The summed E-state index contributed by atoms with van der Waals surface area (Å²) in [5.41, 5.74) is 2.92. The van der Waals surface area contributed by atoms with Crippen molar-refractivity contribution in [1.29, 1.82) is 0 Å². The largest absolute Gasteiger partial charge is 0.497 e. The van der Waals surface area contributed by atoms with Crippen LogP contribution in [0.1, 0.15) is 17.5 Å². The number of likely N-dealkylation sites (tertiary alicyclic amines) is 1. The number of nitrogens with zero attached hydrogens (tertiary/aromatic N) is 1. The molecule has 1 aliphatic rings. The molecule has 0 unspecified atom stereocenters. The highest BCUT2D eigenvalue weighted by Gasteiger charge is 2.34. The van der Waals surface area contributed by atoms with Crippen LogP contribution in [-0.2, 0) is 16.1 Å². The fourth-order valence-electron chi connectivity index (χ4n) is 2.93. The number of ether oxygens (including phenoxy) is 1. The van der Waals surface area contributed by atoms with Crippen molar-refractivity contribution in [3.8, 4) is 5.75 Å². The Morgan fingerprint density at radius 3 is 2.48 bits per heavy atom. The molecule has 0 spiro atoms. The first kappa shape index (κ1) is 17.0. The number of nitrogens with one attached hydrogen (secondary N) is 1. The number of carbonyl (C=O) groups excluding carboxylic acids is 2. The van der Waals surface area contributed by atoms with Crippen LogP contribution in [0.3, 0.4) is 0 Å². The Kier molecular flexibility index (Phi) is 5.03. The van der Waals surface area contributed by atoms with Gasteiger partial charge < -0.3 is 15.0 Å². The van der Waals surface area contributed by atoms with E-state index in [-0.39, 0.29) is 24.2 Å². The summed E-state index contributed by atoms with van der Waals surface area (Å²) in [6.45, 7) is 2.96. The molecule has 1 saturated heterocycles. The van der Waals surface area contributed by atoms with Crippen LogP contribution in [0.4, 0.5) is 5.69 Å². The van der Waals surface area contributed by atoms with Gasteiger partial charge in [0.1, 0.15) is 5.75 Å². The number of rotatable bonds is 5. The second-order valence-electron chi connectivity index (χ2n) is 6.38. The molecule has 0 aromatic heterocycles. The van der Waals surface area contributed by atoms with E-state index in [1.807, 2.05) is 55.5 Å². The summed E-state index contributed by atoms with van der Waals surface area (Å²) in [6.07, 6.45) is 0.258. The molecule has 0 aliphatic carbocycles. The van der Waals surface area contributed by atoms with Crippen LogP contribution >= 0.6 is 0 Å². The van der Waals surface area contributed by atoms with Gasteiger partial charge in [0.25, 0.3) is 0 Å². The van der Waals surface area contributed by atoms with Gasteiger partial charge in [0.15, 0.2) is 0 Å². The van der Waals surface area contributed by atoms with Gasteiger partial charge in [-0.3, -0.25) is 9.59 Å². The van der Waals surface area contributed by atoms with Gasteiger partial charge in [-0.25, -0.2) is 0 Å². The summed E-state index contributed by atoms with van der Waals surface area (Å²) >= 11 is 0. The summed E-state index contributed by atoms with van der Waals surface area (Å²) in [7, 11) is 1.62. The lowest BCUT2D eigenvalue weighted by Gasteiger charge is -2.17. The molecule has 3 rings (SSSR count). The van der Waals surface area contributed by atoms with E-state index < -0.39 is 0 Å². The lowest BCUT2D eigenvalue weighted by Crippen LogP contribution is -2.28. The minimum atomic E-state index is -0.313. The average Bonchev–Trinajstić information content (AvgIpc) is 2.98. The van der Waals surface area contributed by atoms with Gasteiger partial charge in [0, 0.05) is 25.2 Å². The van der Waals surface area contributed by atoms with Crippen LogP contribution < -0.4 is 10.1 Å². The normalized spacial score (nSPS) is 16.8. The van der Waals surface area contributed by atoms with E-state index in [9.17, 15) is 9.59 Å². The maximum absolute atomic E-state index is 12.4. The SMILES string of the molecule is COc1ccc(CN2C[C@H](C(=O)Nc3ccc(C)cc3)CC2=O)cc1.